The van der Waals surface area contributed by atoms with Gasteiger partial charge in [-0.2, -0.15) is 0 Å². The van der Waals surface area contributed by atoms with Crippen LogP contribution in [0.2, 0.25) is 0 Å². The molecule has 2 heterocycles. The summed E-state index contributed by atoms with van der Waals surface area (Å²) < 4.78 is 5.23. The van der Waals surface area contributed by atoms with E-state index in [9.17, 15) is 14.4 Å². The molecule has 1 N–H and O–H groups in total. The number of likely N-dealkylation sites (tertiary alicyclic amines) is 1. The van der Waals surface area contributed by atoms with Crippen LogP contribution in [0.25, 0.3) is 0 Å². The van der Waals surface area contributed by atoms with Gasteiger partial charge in [0.15, 0.2) is 6.61 Å². The smallest absolute Gasteiger partial charge is 0.338 e. The molecule has 2 amide bonds. The van der Waals surface area contributed by atoms with Crippen molar-refractivity contribution in [3.63, 3.8) is 0 Å². The topological polar surface area (TPSA) is 75.7 Å². The van der Waals surface area contributed by atoms with Crippen molar-refractivity contribution in [2.75, 3.05) is 11.9 Å². The maximum absolute atomic E-state index is 12.5. The summed E-state index contributed by atoms with van der Waals surface area (Å²) >= 11 is 1.34. The Hall–Kier alpha value is -2.67. The number of carbonyl (C=O) groups excluding carboxylic acids is 3. The van der Waals surface area contributed by atoms with Gasteiger partial charge >= 0.3 is 5.97 Å². The van der Waals surface area contributed by atoms with Crippen molar-refractivity contribution in [2.45, 2.75) is 45.2 Å². The van der Waals surface area contributed by atoms with Crippen LogP contribution in [-0.4, -0.2) is 41.4 Å². The fourth-order valence-corrected chi connectivity index (χ4v) is 4.14. The van der Waals surface area contributed by atoms with Crippen molar-refractivity contribution in [2.24, 2.45) is 0 Å². The minimum atomic E-state index is -0.585. The summed E-state index contributed by atoms with van der Waals surface area (Å²) in [6.45, 7) is 3.77. The molecule has 3 rings (SSSR count). The summed E-state index contributed by atoms with van der Waals surface area (Å²) in [6.07, 6.45) is 3.04. The standard InChI is InChI=1S/C21H24N2O4S/c1-14-6-3-7-15(2)23(14)19(24)13-27-21(26)16-8-4-9-17(12-16)22-20(25)18-10-5-11-28-18/h4-5,8-12,14-15H,3,6-7,13H2,1-2H3,(H,22,25)/t14-,15+. The number of piperidine rings is 1. The number of anilines is 1. The van der Waals surface area contributed by atoms with Gasteiger partial charge in [0.1, 0.15) is 0 Å². The molecule has 0 aliphatic carbocycles. The van der Waals surface area contributed by atoms with Gasteiger partial charge in [0.25, 0.3) is 11.8 Å². The zero-order valence-electron chi connectivity index (χ0n) is 16.0. The van der Waals surface area contributed by atoms with E-state index >= 15 is 0 Å². The zero-order chi connectivity index (χ0) is 20.1. The molecule has 28 heavy (non-hydrogen) atoms. The molecular formula is C21H24N2O4S. The number of esters is 1. The van der Waals surface area contributed by atoms with Crippen molar-refractivity contribution in [3.8, 4) is 0 Å². The van der Waals surface area contributed by atoms with Gasteiger partial charge in [0.2, 0.25) is 0 Å². The molecule has 2 aromatic rings. The number of carbonyl (C=O) groups is 3. The Morgan fingerprint density at radius 3 is 2.57 bits per heavy atom. The number of hydrogen-bond donors (Lipinski definition) is 1. The number of hydrogen-bond acceptors (Lipinski definition) is 5. The Labute approximate surface area is 168 Å². The average Bonchev–Trinajstić information content (AvgIpc) is 3.21. The van der Waals surface area contributed by atoms with Crippen LogP contribution >= 0.6 is 11.3 Å². The summed E-state index contributed by atoms with van der Waals surface area (Å²) in [6, 6.07) is 10.4. The first-order valence-corrected chi connectivity index (χ1v) is 10.3. The van der Waals surface area contributed by atoms with Crippen molar-refractivity contribution in [3.05, 3.63) is 52.2 Å². The van der Waals surface area contributed by atoms with Gasteiger partial charge < -0.3 is 15.0 Å². The van der Waals surface area contributed by atoms with Crippen molar-refractivity contribution < 1.29 is 19.1 Å². The normalized spacial score (nSPS) is 19.1. The highest BCUT2D eigenvalue weighted by atomic mass is 32.1. The quantitative estimate of drug-likeness (QED) is 0.771. The lowest BCUT2D eigenvalue weighted by atomic mass is 9.97. The van der Waals surface area contributed by atoms with Gasteiger partial charge in [-0.3, -0.25) is 9.59 Å². The predicted molar refractivity (Wildman–Crippen MR) is 109 cm³/mol. The molecule has 1 fully saturated rings. The molecule has 148 valence electrons. The Morgan fingerprint density at radius 2 is 1.89 bits per heavy atom. The summed E-state index contributed by atoms with van der Waals surface area (Å²) in [5.41, 5.74) is 0.786. The summed E-state index contributed by atoms with van der Waals surface area (Å²) in [5.74, 6) is -0.989. The lowest BCUT2D eigenvalue weighted by Crippen LogP contribution is -2.49. The second kappa shape index (κ2) is 9.01. The zero-order valence-corrected chi connectivity index (χ0v) is 16.8. The molecule has 2 atom stereocenters. The van der Waals surface area contributed by atoms with Gasteiger partial charge in [-0.15, -0.1) is 11.3 Å². The van der Waals surface area contributed by atoms with E-state index in [2.05, 4.69) is 5.32 Å². The SMILES string of the molecule is C[C@@H]1CCC[C@H](C)N1C(=O)COC(=O)c1cccc(NC(=O)c2cccs2)c1. The van der Waals surface area contributed by atoms with Crippen LogP contribution in [0.5, 0.6) is 0 Å². The largest absolute Gasteiger partial charge is 0.452 e. The molecule has 0 saturated carbocycles. The molecule has 1 aliphatic heterocycles. The van der Waals surface area contributed by atoms with Crippen molar-refractivity contribution >= 4 is 34.8 Å². The van der Waals surface area contributed by atoms with Gasteiger partial charge in [-0.05, 0) is 62.8 Å². The lowest BCUT2D eigenvalue weighted by Gasteiger charge is -2.38. The first-order valence-electron chi connectivity index (χ1n) is 9.39. The Balaban J connectivity index is 1.58. The number of nitrogens with one attached hydrogen (secondary N) is 1. The molecular weight excluding hydrogens is 376 g/mol. The molecule has 0 radical (unpaired) electrons. The third-order valence-electron chi connectivity index (χ3n) is 4.91. The number of amides is 2. The van der Waals surface area contributed by atoms with Crippen LogP contribution in [0.4, 0.5) is 5.69 Å². The Kier molecular flexibility index (Phi) is 6.46. The molecule has 0 bridgehead atoms. The second-order valence-electron chi connectivity index (χ2n) is 7.02. The predicted octanol–water partition coefficient (Wildman–Crippen LogP) is 3.95. The van der Waals surface area contributed by atoms with Crippen LogP contribution in [0, 0.1) is 0 Å². The van der Waals surface area contributed by atoms with Crippen LogP contribution in [0.15, 0.2) is 41.8 Å². The van der Waals surface area contributed by atoms with Gasteiger partial charge in [0, 0.05) is 17.8 Å². The van der Waals surface area contributed by atoms with Crippen molar-refractivity contribution in [1.29, 1.82) is 0 Å². The van der Waals surface area contributed by atoms with Crippen molar-refractivity contribution in [1.82, 2.24) is 4.90 Å². The van der Waals surface area contributed by atoms with Gasteiger partial charge in [-0.1, -0.05) is 12.1 Å². The van der Waals surface area contributed by atoms with Crippen LogP contribution in [0.3, 0.4) is 0 Å². The highest BCUT2D eigenvalue weighted by Crippen LogP contribution is 2.22. The molecule has 1 saturated heterocycles. The third kappa shape index (κ3) is 4.78. The summed E-state index contributed by atoms with van der Waals surface area (Å²) in [4.78, 5) is 39.4. The van der Waals surface area contributed by atoms with E-state index in [4.69, 9.17) is 4.74 Å². The highest BCUT2D eigenvalue weighted by molar-refractivity contribution is 7.12. The van der Waals surface area contributed by atoms with Gasteiger partial charge in [0.05, 0.1) is 10.4 Å². The molecule has 0 spiro atoms. The van der Waals surface area contributed by atoms with Crippen LogP contribution in [-0.2, 0) is 9.53 Å². The van der Waals surface area contributed by atoms with E-state index in [1.165, 1.54) is 11.3 Å². The maximum Gasteiger partial charge on any atom is 0.338 e. The monoisotopic (exact) mass is 400 g/mol. The fraction of sp³-hybridized carbons (Fsp3) is 0.381. The minimum Gasteiger partial charge on any atom is -0.452 e. The Morgan fingerprint density at radius 1 is 1.14 bits per heavy atom. The number of rotatable bonds is 5. The fourth-order valence-electron chi connectivity index (χ4n) is 3.52. The van der Waals surface area contributed by atoms with Gasteiger partial charge in [-0.25, -0.2) is 4.79 Å². The van der Waals surface area contributed by atoms with Crippen LogP contribution < -0.4 is 5.32 Å². The summed E-state index contributed by atoms with van der Waals surface area (Å²) in [7, 11) is 0. The van der Waals surface area contributed by atoms with E-state index in [0.29, 0.717) is 10.6 Å². The first kappa shape index (κ1) is 20.1. The van der Waals surface area contributed by atoms with Crippen LogP contribution in [0.1, 0.15) is 53.1 Å². The maximum atomic E-state index is 12.5. The minimum absolute atomic E-state index is 0.158. The first-order chi connectivity index (χ1) is 13.5. The number of thiophene rings is 1. The number of nitrogens with zero attached hydrogens (tertiary/aromatic N) is 1. The van der Waals surface area contributed by atoms with E-state index < -0.39 is 5.97 Å². The molecule has 1 aromatic carbocycles. The third-order valence-corrected chi connectivity index (χ3v) is 5.78. The van der Waals surface area contributed by atoms with E-state index in [-0.39, 0.29) is 36.1 Å². The number of ether oxygens (including phenoxy) is 1. The molecule has 1 aliphatic rings. The molecule has 1 aromatic heterocycles. The Bertz CT molecular complexity index is 840. The van der Waals surface area contributed by atoms with E-state index in [0.717, 1.165) is 19.3 Å². The molecule has 0 unspecified atom stereocenters. The lowest BCUT2D eigenvalue weighted by molar-refractivity contribution is -0.140. The van der Waals surface area contributed by atoms with E-state index in [1.54, 1.807) is 36.4 Å². The molecule has 6 nitrogen and oxygen atoms in total. The highest BCUT2D eigenvalue weighted by Gasteiger charge is 2.29. The second-order valence-corrected chi connectivity index (χ2v) is 7.97. The molecule has 7 heteroatoms. The number of benzene rings is 1. The summed E-state index contributed by atoms with van der Waals surface area (Å²) in [5, 5.41) is 4.58. The average molecular weight is 401 g/mol. The van der Waals surface area contributed by atoms with E-state index in [1.807, 2.05) is 24.1 Å².